The summed E-state index contributed by atoms with van der Waals surface area (Å²) in [7, 11) is 2.07. The number of hydrogen-bond donors (Lipinski definition) is 1. The predicted octanol–water partition coefficient (Wildman–Crippen LogP) is 4.13. The highest BCUT2D eigenvalue weighted by molar-refractivity contribution is 9.10. The molecule has 1 unspecified atom stereocenters. The zero-order chi connectivity index (χ0) is 14.3. The Kier molecular flexibility index (Phi) is 3.73. The van der Waals surface area contributed by atoms with Crippen LogP contribution in [0.3, 0.4) is 0 Å². The van der Waals surface area contributed by atoms with Gasteiger partial charge in [0.25, 0.3) is 0 Å². The van der Waals surface area contributed by atoms with E-state index in [0.717, 1.165) is 19.3 Å². The molecule has 1 aromatic heterocycles. The van der Waals surface area contributed by atoms with E-state index in [2.05, 4.69) is 60.3 Å². The molecule has 0 radical (unpaired) electrons. The number of likely N-dealkylation sites (N-methyl/N-ethyl adjacent to an activating group) is 1. The molecule has 1 heterocycles. The third-order valence-corrected chi connectivity index (χ3v) is 6.17. The molecule has 1 atom stereocenters. The average molecular weight is 351 g/mol. The van der Waals surface area contributed by atoms with Crippen LogP contribution >= 0.6 is 27.3 Å². The highest BCUT2D eigenvalue weighted by atomic mass is 79.9. The van der Waals surface area contributed by atoms with Gasteiger partial charge in [-0.2, -0.15) is 0 Å². The highest BCUT2D eigenvalue weighted by Gasteiger charge is 2.37. The Hall–Kier alpha value is -0.710. The summed E-state index contributed by atoms with van der Waals surface area (Å²) in [5.74, 6) is 0. The first kappa shape index (κ1) is 14.2. The molecule has 1 aromatic carbocycles. The molecule has 1 aliphatic rings. The first-order valence-corrected chi connectivity index (χ1v) is 8.56. The first-order valence-electron chi connectivity index (χ1n) is 6.95. The quantitative estimate of drug-likeness (QED) is 0.880. The SMILES string of the molecule is CNC1(c2nc(C)c(C)s2)CCc2cc(Br)ccc2C1. The molecule has 0 fully saturated rings. The van der Waals surface area contributed by atoms with E-state index in [1.165, 1.54) is 31.2 Å². The molecule has 1 N–H and O–H groups in total. The molecule has 2 nitrogen and oxygen atoms in total. The predicted molar refractivity (Wildman–Crippen MR) is 88.5 cm³/mol. The average Bonchev–Trinajstić information content (AvgIpc) is 2.79. The standard InChI is InChI=1S/C16H19BrN2S/c1-10-11(2)20-15(19-10)16(18-3)7-6-12-8-14(17)5-4-13(12)9-16/h4-5,8,18H,6-7,9H2,1-3H3. The van der Waals surface area contributed by atoms with Gasteiger partial charge in [-0.15, -0.1) is 11.3 Å². The third-order valence-electron chi connectivity index (χ3n) is 4.40. The molecule has 0 spiro atoms. The van der Waals surface area contributed by atoms with Gasteiger partial charge in [0.2, 0.25) is 0 Å². The van der Waals surface area contributed by atoms with Crippen molar-refractivity contribution in [3.05, 3.63) is 49.4 Å². The van der Waals surface area contributed by atoms with E-state index in [9.17, 15) is 0 Å². The first-order chi connectivity index (χ1) is 9.54. The topological polar surface area (TPSA) is 24.9 Å². The lowest BCUT2D eigenvalue weighted by atomic mass is 9.78. The maximum absolute atomic E-state index is 4.81. The van der Waals surface area contributed by atoms with Crippen LogP contribution in [0.2, 0.25) is 0 Å². The van der Waals surface area contributed by atoms with E-state index >= 15 is 0 Å². The fourth-order valence-corrected chi connectivity index (χ4v) is 4.49. The summed E-state index contributed by atoms with van der Waals surface area (Å²) in [4.78, 5) is 6.14. The number of rotatable bonds is 2. The Morgan fingerprint density at radius 3 is 2.75 bits per heavy atom. The number of aryl methyl sites for hydroxylation is 3. The lowest BCUT2D eigenvalue weighted by Crippen LogP contribution is -2.44. The van der Waals surface area contributed by atoms with E-state index in [0.29, 0.717) is 0 Å². The van der Waals surface area contributed by atoms with E-state index in [1.54, 1.807) is 0 Å². The van der Waals surface area contributed by atoms with E-state index in [1.807, 2.05) is 11.3 Å². The van der Waals surface area contributed by atoms with Crippen molar-refractivity contribution < 1.29 is 0 Å². The van der Waals surface area contributed by atoms with Crippen LogP contribution in [0, 0.1) is 13.8 Å². The third kappa shape index (κ3) is 2.34. The number of aromatic nitrogens is 1. The normalized spacial score (nSPS) is 21.8. The summed E-state index contributed by atoms with van der Waals surface area (Å²) >= 11 is 5.41. The second-order valence-electron chi connectivity index (χ2n) is 5.58. The minimum atomic E-state index is 0.00448. The second kappa shape index (κ2) is 5.24. The van der Waals surface area contributed by atoms with Gasteiger partial charge in [-0.25, -0.2) is 4.98 Å². The van der Waals surface area contributed by atoms with Crippen molar-refractivity contribution in [2.45, 2.75) is 38.6 Å². The lowest BCUT2D eigenvalue weighted by molar-refractivity contribution is 0.313. The van der Waals surface area contributed by atoms with Gasteiger partial charge in [0, 0.05) is 9.35 Å². The molecular weight excluding hydrogens is 332 g/mol. The summed E-state index contributed by atoms with van der Waals surface area (Å²) in [6, 6.07) is 6.65. The van der Waals surface area contributed by atoms with Crippen molar-refractivity contribution in [3.8, 4) is 0 Å². The van der Waals surface area contributed by atoms with Gasteiger partial charge in [0.05, 0.1) is 11.2 Å². The largest absolute Gasteiger partial charge is 0.308 e. The van der Waals surface area contributed by atoms with Gasteiger partial charge in [0.1, 0.15) is 5.01 Å². The maximum atomic E-state index is 4.81. The van der Waals surface area contributed by atoms with Crippen molar-refractivity contribution in [1.29, 1.82) is 0 Å². The van der Waals surface area contributed by atoms with Crippen LogP contribution in [0.4, 0.5) is 0 Å². The molecular formula is C16H19BrN2S. The van der Waals surface area contributed by atoms with Crippen molar-refractivity contribution in [1.82, 2.24) is 10.3 Å². The number of thiazole rings is 1. The summed E-state index contributed by atoms with van der Waals surface area (Å²) < 4.78 is 1.18. The summed E-state index contributed by atoms with van der Waals surface area (Å²) in [5, 5.41) is 4.81. The van der Waals surface area contributed by atoms with Crippen LogP contribution in [-0.4, -0.2) is 12.0 Å². The summed E-state index contributed by atoms with van der Waals surface area (Å²) in [6.07, 6.45) is 3.24. The minimum Gasteiger partial charge on any atom is -0.308 e. The van der Waals surface area contributed by atoms with Crippen LogP contribution in [0.15, 0.2) is 22.7 Å². The Labute approximate surface area is 132 Å². The van der Waals surface area contributed by atoms with Crippen molar-refractivity contribution in [3.63, 3.8) is 0 Å². The Morgan fingerprint density at radius 1 is 1.30 bits per heavy atom. The molecule has 2 aromatic rings. The number of nitrogens with one attached hydrogen (secondary N) is 1. The van der Waals surface area contributed by atoms with Crippen LogP contribution in [0.5, 0.6) is 0 Å². The van der Waals surface area contributed by atoms with Crippen LogP contribution in [0.1, 0.15) is 33.1 Å². The molecule has 106 valence electrons. The smallest absolute Gasteiger partial charge is 0.114 e. The van der Waals surface area contributed by atoms with Gasteiger partial charge >= 0.3 is 0 Å². The number of fused-ring (bicyclic) bond motifs is 1. The van der Waals surface area contributed by atoms with E-state index in [-0.39, 0.29) is 5.54 Å². The zero-order valence-corrected chi connectivity index (χ0v) is 14.5. The minimum absolute atomic E-state index is 0.00448. The van der Waals surface area contributed by atoms with Gasteiger partial charge in [-0.1, -0.05) is 22.0 Å². The fourth-order valence-electron chi connectivity index (χ4n) is 2.94. The maximum Gasteiger partial charge on any atom is 0.114 e. The summed E-state index contributed by atoms with van der Waals surface area (Å²) in [5.41, 5.74) is 4.08. The number of hydrogen-bond acceptors (Lipinski definition) is 3. The van der Waals surface area contributed by atoms with Gasteiger partial charge in [-0.05, 0) is 63.4 Å². The fraction of sp³-hybridized carbons (Fsp3) is 0.438. The zero-order valence-electron chi connectivity index (χ0n) is 12.1. The van der Waals surface area contributed by atoms with Gasteiger partial charge < -0.3 is 5.32 Å². The Bertz CT molecular complexity index is 630. The molecule has 0 saturated heterocycles. The molecule has 0 saturated carbocycles. The Morgan fingerprint density at radius 2 is 2.10 bits per heavy atom. The molecule has 4 heteroatoms. The molecule has 1 aliphatic carbocycles. The lowest BCUT2D eigenvalue weighted by Gasteiger charge is -2.36. The molecule has 3 rings (SSSR count). The number of nitrogens with zero attached hydrogens (tertiary/aromatic N) is 1. The molecule has 20 heavy (non-hydrogen) atoms. The second-order valence-corrected chi connectivity index (χ2v) is 7.70. The number of benzene rings is 1. The monoisotopic (exact) mass is 350 g/mol. The highest BCUT2D eigenvalue weighted by Crippen LogP contribution is 2.39. The molecule has 0 amide bonds. The van der Waals surface area contributed by atoms with Crippen LogP contribution in [-0.2, 0) is 18.4 Å². The molecule has 0 aliphatic heterocycles. The van der Waals surface area contributed by atoms with Crippen molar-refractivity contribution >= 4 is 27.3 Å². The van der Waals surface area contributed by atoms with E-state index < -0.39 is 0 Å². The van der Waals surface area contributed by atoms with Gasteiger partial charge in [0.15, 0.2) is 0 Å². The van der Waals surface area contributed by atoms with Crippen LogP contribution in [0.25, 0.3) is 0 Å². The molecule has 0 bridgehead atoms. The Balaban J connectivity index is 2.01. The number of halogens is 1. The summed E-state index contributed by atoms with van der Waals surface area (Å²) in [6.45, 7) is 4.26. The van der Waals surface area contributed by atoms with Crippen molar-refractivity contribution in [2.24, 2.45) is 0 Å². The van der Waals surface area contributed by atoms with E-state index in [4.69, 9.17) is 4.98 Å². The van der Waals surface area contributed by atoms with Crippen molar-refractivity contribution in [2.75, 3.05) is 7.05 Å². The van der Waals surface area contributed by atoms with Crippen LogP contribution < -0.4 is 5.32 Å². The van der Waals surface area contributed by atoms with Gasteiger partial charge in [-0.3, -0.25) is 0 Å².